The van der Waals surface area contributed by atoms with Gasteiger partial charge in [-0.3, -0.25) is 51.3 Å². The van der Waals surface area contributed by atoms with Crippen molar-refractivity contribution in [3.63, 3.8) is 0 Å². The second-order valence-corrected chi connectivity index (χ2v) is 10.9. The maximum Gasteiger partial charge on any atom is 0.301 e. The van der Waals surface area contributed by atoms with Gasteiger partial charge in [0.2, 0.25) is 0 Å². The van der Waals surface area contributed by atoms with Crippen LogP contribution in [0.5, 0.6) is 11.5 Å². The molecule has 0 heterocycles. The number of nitro benzene ring substituents is 4. The highest BCUT2D eigenvalue weighted by Crippen LogP contribution is 2.31. The Balaban J connectivity index is 1.59. The SMILES string of the molecule is CCOc1ccc(/C(CCCC/C(=N/Nc2ccc([N+](=O)[O-])cc2[N+](=O)[O-])c2ccc(OCC)cc2)=N\Nc2ccc([N+](=O)[O-])cc2[N+](=O)[O-])cc1. The lowest BCUT2D eigenvalue weighted by Gasteiger charge is -2.12. The van der Waals surface area contributed by atoms with Gasteiger partial charge >= 0.3 is 11.4 Å². The molecule has 4 rings (SSSR count). The summed E-state index contributed by atoms with van der Waals surface area (Å²) in [5.74, 6) is 1.28. The molecule has 0 spiro atoms. The quantitative estimate of drug-likeness (QED) is 0.0406. The van der Waals surface area contributed by atoms with Gasteiger partial charge in [-0.25, -0.2) is 0 Å². The van der Waals surface area contributed by atoms with Crippen LogP contribution in [0.4, 0.5) is 34.1 Å². The van der Waals surface area contributed by atoms with E-state index in [-0.39, 0.29) is 11.4 Å². The van der Waals surface area contributed by atoms with Gasteiger partial charge in [0.15, 0.2) is 0 Å². The summed E-state index contributed by atoms with van der Waals surface area (Å²) in [7, 11) is 0. The third-order valence-electron chi connectivity index (χ3n) is 7.47. The summed E-state index contributed by atoms with van der Waals surface area (Å²) in [6, 6.07) is 20.7. The number of unbranched alkanes of at least 4 members (excludes halogenated alkanes) is 1. The lowest BCUT2D eigenvalue weighted by atomic mass is 10.0. The van der Waals surface area contributed by atoms with Crippen LogP contribution in [-0.4, -0.2) is 44.3 Å². The highest BCUT2D eigenvalue weighted by molar-refractivity contribution is 6.02. The second-order valence-electron chi connectivity index (χ2n) is 10.9. The van der Waals surface area contributed by atoms with Crippen molar-refractivity contribution in [2.45, 2.75) is 39.5 Å². The van der Waals surface area contributed by atoms with Crippen LogP contribution < -0.4 is 20.3 Å². The first-order chi connectivity index (χ1) is 25.0. The predicted molar refractivity (Wildman–Crippen MR) is 194 cm³/mol. The molecule has 52 heavy (non-hydrogen) atoms. The zero-order valence-electron chi connectivity index (χ0n) is 28.1. The van der Waals surface area contributed by atoms with Gasteiger partial charge in [-0.1, -0.05) is 0 Å². The van der Waals surface area contributed by atoms with Gasteiger partial charge in [-0.15, -0.1) is 0 Å². The average Bonchev–Trinajstić information content (AvgIpc) is 3.13. The van der Waals surface area contributed by atoms with E-state index < -0.39 is 42.4 Å². The van der Waals surface area contributed by atoms with Crippen molar-refractivity contribution in [1.82, 2.24) is 0 Å². The molecule has 0 unspecified atom stereocenters. The molecule has 0 saturated carbocycles. The molecule has 0 radical (unpaired) electrons. The molecule has 0 atom stereocenters. The van der Waals surface area contributed by atoms with Crippen LogP contribution in [0.1, 0.15) is 50.7 Å². The van der Waals surface area contributed by atoms with Crippen LogP contribution in [0.3, 0.4) is 0 Å². The summed E-state index contributed by atoms with van der Waals surface area (Å²) >= 11 is 0. The van der Waals surface area contributed by atoms with Crippen molar-refractivity contribution < 1.29 is 29.2 Å². The number of nitrogens with zero attached hydrogens (tertiary/aromatic N) is 6. The van der Waals surface area contributed by atoms with Crippen molar-refractivity contribution in [1.29, 1.82) is 0 Å². The molecule has 0 saturated heterocycles. The zero-order chi connectivity index (χ0) is 37.6. The van der Waals surface area contributed by atoms with E-state index in [4.69, 9.17) is 9.47 Å². The molecule has 0 aliphatic heterocycles. The maximum absolute atomic E-state index is 11.7. The molecule has 0 aliphatic carbocycles. The Morgan fingerprint density at radius 1 is 0.558 bits per heavy atom. The highest BCUT2D eigenvalue weighted by Gasteiger charge is 2.21. The Bertz CT molecular complexity index is 1840. The number of hydrogen-bond donors (Lipinski definition) is 2. The summed E-state index contributed by atoms with van der Waals surface area (Å²) in [6.07, 6.45) is 1.87. The minimum atomic E-state index is -0.734. The number of rotatable bonds is 19. The molecule has 4 aromatic carbocycles. The minimum Gasteiger partial charge on any atom is -0.494 e. The number of hydrogen-bond acceptors (Lipinski definition) is 14. The summed E-state index contributed by atoms with van der Waals surface area (Å²) in [5, 5.41) is 54.7. The fourth-order valence-corrected chi connectivity index (χ4v) is 4.95. The molecule has 4 aromatic rings. The predicted octanol–water partition coefficient (Wildman–Crippen LogP) is 8.01. The average molecular weight is 715 g/mol. The molecule has 18 nitrogen and oxygen atoms in total. The summed E-state index contributed by atoms with van der Waals surface area (Å²) in [4.78, 5) is 42.8. The molecule has 18 heteroatoms. The molecule has 270 valence electrons. The smallest absolute Gasteiger partial charge is 0.301 e. The second kappa shape index (κ2) is 18.1. The minimum absolute atomic E-state index is 0.0321. The van der Waals surface area contributed by atoms with E-state index in [0.29, 0.717) is 72.9 Å². The molecular weight excluding hydrogens is 680 g/mol. The first kappa shape index (κ1) is 37.8. The largest absolute Gasteiger partial charge is 0.494 e. The van der Waals surface area contributed by atoms with E-state index in [2.05, 4.69) is 21.1 Å². The van der Waals surface area contributed by atoms with Crippen LogP contribution in [0.2, 0.25) is 0 Å². The van der Waals surface area contributed by atoms with Crippen LogP contribution in [0.15, 0.2) is 95.1 Å². The topological polar surface area (TPSA) is 240 Å². The van der Waals surface area contributed by atoms with Gasteiger partial charge in [-0.2, -0.15) is 10.2 Å². The third kappa shape index (κ3) is 10.3. The van der Waals surface area contributed by atoms with Gasteiger partial charge < -0.3 is 9.47 Å². The summed E-state index contributed by atoms with van der Waals surface area (Å²) in [5.41, 5.74) is 5.93. The molecule has 2 N–H and O–H groups in total. The monoisotopic (exact) mass is 714 g/mol. The first-order valence-electron chi connectivity index (χ1n) is 16.0. The lowest BCUT2D eigenvalue weighted by Crippen LogP contribution is -2.08. The lowest BCUT2D eigenvalue weighted by molar-refractivity contribution is -0.393. The van der Waals surface area contributed by atoms with E-state index in [9.17, 15) is 40.5 Å². The van der Waals surface area contributed by atoms with E-state index in [1.54, 1.807) is 48.5 Å². The number of benzene rings is 4. The number of nitrogens with one attached hydrogen (secondary N) is 2. The number of non-ortho nitro benzene ring substituents is 2. The number of nitro groups is 4. The highest BCUT2D eigenvalue weighted by atomic mass is 16.6. The van der Waals surface area contributed by atoms with Crippen LogP contribution in [0.25, 0.3) is 0 Å². The normalized spacial score (nSPS) is 11.4. The zero-order valence-corrected chi connectivity index (χ0v) is 28.1. The van der Waals surface area contributed by atoms with E-state index >= 15 is 0 Å². The molecule has 0 fully saturated rings. The summed E-state index contributed by atoms with van der Waals surface area (Å²) in [6.45, 7) is 4.65. The van der Waals surface area contributed by atoms with Gasteiger partial charge in [0.25, 0.3) is 11.4 Å². The van der Waals surface area contributed by atoms with Crippen molar-refractivity contribution in [3.8, 4) is 11.5 Å². The van der Waals surface area contributed by atoms with Crippen molar-refractivity contribution in [3.05, 3.63) is 137 Å². The molecule has 0 bridgehead atoms. The van der Waals surface area contributed by atoms with Crippen molar-refractivity contribution in [2.75, 3.05) is 24.1 Å². The first-order valence-corrected chi connectivity index (χ1v) is 16.0. The van der Waals surface area contributed by atoms with E-state index in [1.807, 2.05) is 13.8 Å². The van der Waals surface area contributed by atoms with Crippen molar-refractivity contribution >= 4 is 45.5 Å². The van der Waals surface area contributed by atoms with E-state index in [0.717, 1.165) is 24.3 Å². The molecule has 0 aliphatic rings. The fraction of sp³-hybridized carbons (Fsp3) is 0.235. The van der Waals surface area contributed by atoms with Gasteiger partial charge in [0, 0.05) is 12.1 Å². The Hall–Kier alpha value is -6.98. The molecular formula is C34H34N8O10. The van der Waals surface area contributed by atoms with Crippen LogP contribution in [-0.2, 0) is 0 Å². The van der Waals surface area contributed by atoms with Crippen molar-refractivity contribution in [2.24, 2.45) is 10.2 Å². The number of ether oxygens (including phenoxy) is 2. The van der Waals surface area contributed by atoms with Gasteiger partial charge in [0.1, 0.15) is 22.9 Å². The Morgan fingerprint density at radius 3 is 1.23 bits per heavy atom. The Kier molecular flexibility index (Phi) is 13.2. The maximum atomic E-state index is 11.7. The third-order valence-corrected chi connectivity index (χ3v) is 7.47. The Labute approximate surface area is 296 Å². The number of anilines is 2. The molecule has 0 aromatic heterocycles. The Morgan fingerprint density at radius 2 is 0.923 bits per heavy atom. The molecule has 0 amide bonds. The standard InChI is InChI=1S/C34H34N8O10/c1-3-51-27-15-9-23(10-16-27)29(35-37-31-19-13-25(39(43)44)21-33(31)41(47)48)7-5-6-8-30(24-11-17-28(18-12-24)52-4-2)36-38-32-20-14-26(40(45)46)22-34(32)42(49)50/h9-22,37-38H,3-8H2,1-2H3/b35-29-,36-30-. The van der Waals surface area contributed by atoms with Crippen LogP contribution in [0, 0.1) is 40.5 Å². The number of hydrazone groups is 2. The van der Waals surface area contributed by atoms with E-state index in [1.165, 1.54) is 12.1 Å². The summed E-state index contributed by atoms with van der Waals surface area (Å²) < 4.78 is 11.1. The van der Waals surface area contributed by atoms with Gasteiger partial charge in [-0.05, 0) is 111 Å². The fourth-order valence-electron chi connectivity index (χ4n) is 4.95. The van der Waals surface area contributed by atoms with Gasteiger partial charge in [0.05, 0.1) is 56.5 Å². The van der Waals surface area contributed by atoms with Crippen LogP contribution >= 0.6 is 0 Å².